The standard InChI is InChI=1S/C29H33NO8/c1-33-22-13-15-23(16-14-22)35-19-24-26(31)27(36-17-20-9-5-3-6-10-20)25(28(34-2)38-24)30-29(32)37-18-21-11-7-4-8-12-21/h3-16,24-28,31H,17-19H2,1-2H3,(H,30,32)/t24-,25-,26-,27-,28+/m1/s1. The van der Waals surface area contributed by atoms with E-state index in [0.717, 1.165) is 11.1 Å². The van der Waals surface area contributed by atoms with E-state index in [-0.39, 0.29) is 19.8 Å². The number of alkyl carbamates (subject to hydrolysis) is 1. The fraction of sp³-hybridized carbons (Fsp3) is 0.345. The lowest BCUT2D eigenvalue weighted by molar-refractivity contribution is -0.269. The number of ether oxygens (including phenoxy) is 6. The van der Waals surface area contributed by atoms with E-state index in [9.17, 15) is 9.90 Å². The highest BCUT2D eigenvalue weighted by Crippen LogP contribution is 2.27. The summed E-state index contributed by atoms with van der Waals surface area (Å²) >= 11 is 0. The van der Waals surface area contributed by atoms with Gasteiger partial charge in [-0.1, -0.05) is 60.7 Å². The number of aliphatic hydroxyl groups excluding tert-OH is 1. The van der Waals surface area contributed by atoms with Crippen LogP contribution >= 0.6 is 0 Å². The maximum atomic E-state index is 12.7. The second kappa shape index (κ2) is 13.8. The summed E-state index contributed by atoms with van der Waals surface area (Å²) < 4.78 is 34.1. The highest BCUT2D eigenvalue weighted by Gasteiger charge is 2.47. The van der Waals surface area contributed by atoms with Crippen LogP contribution in [-0.2, 0) is 32.2 Å². The van der Waals surface area contributed by atoms with Crippen LogP contribution in [0.4, 0.5) is 4.79 Å². The maximum absolute atomic E-state index is 12.7. The SMILES string of the molecule is COc1ccc(OC[C@H]2O[C@H](OC)[C@H](NC(=O)OCc3ccccc3)[C@@H](OCc3ccccc3)[C@@H]2O)cc1. The number of carbonyl (C=O) groups is 1. The summed E-state index contributed by atoms with van der Waals surface area (Å²) in [5, 5.41) is 14.0. The smallest absolute Gasteiger partial charge is 0.407 e. The molecule has 0 aliphatic carbocycles. The van der Waals surface area contributed by atoms with Crippen LogP contribution in [0.1, 0.15) is 11.1 Å². The van der Waals surface area contributed by atoms with Gasteiger partial charge in [0.1, 0.15) is 49.1 Å². The van der Waals surface area contributed by atoms with Crippen molar-refractivity contribution < 1.29 is 38.3 Å². The van der Waals surface area contributed by atoms with Gasteiger partial charge in [-0.3, -0.25) is 0 Å². The molecule has 9 nitrogen and oxygen atoms in total. The van der Waals surface area contributed by atoms with Crippen LogP contribution < -0.4 is 14.8 Å². The van der Waals surface area contributed by atoms with Gasteiger partial charge in [-0.25, -0.2) is 4.79 Å². The molecular formula is C29H33NO8. The van der Waals surface area contributed by atoms with Crippen LogP contribution in [0.25, 0.3) is 0 Å². The Morgan fingerprint density at radius 3 is 2.08 bits per heavy atom. The largest absolute Gasteiger partial charge is 0.497 e. The van der Waals surface area contributed by atoms with Crippen molar-refractivity contribution in [2.45, 2.75) is 43.9 Å². The number of nitrogens with one attached hydrogen (secondary N) is 1. The van der Waals surface area contributed by atoms with Crippen molar-refractivity contribution in [1.29, 1.82) is 0 Å². The van der Waals surface area contributed by atoms with Crippen LogP contribution in [0.3, 0.4) is 0 Å². The van der Waals surface area contributed by atoms with Crippen molar-refractivity contribution in [1.82, 2.24) is 5.32 Å². The Hall–Kier alpha value is -3.63. The molecule has 0 radical (unpaired) electrons. The fourth-order valence-corrected chi connectivity index (χ4v) is 4.13. The van der Waals surface area contributed by atoms with E-state index in [4.69, 9.17) is 28.4 Å². The Labute approximate surface area is 222 Å². The summed E-state index contributed by atoms with van der Waals surface area (Å²) in [5.41, 5.74) is 1.76. The zero-order valence-electron chi connectivity index (χ0n) is 21.4. The van der Waals surface area contributed by atoms with Crippen molar-refractivity contribution in [3.05, 3.63) is 96.1 Å². The van der Waals surface area contributed by atoms with Gasteiger partial charge in [0, 0.05) is 7.11 Å². The number of rotatable bonds is 11. The second-order valence-electron chi connectivity index (χ2n) is 8.75. The minimum absolute atomic E-state index is 0.0315. The van der Waals surface area contributed by atoms with E-state index < -0.39 is 36.7 Å². The Morgan fingerprint density at radius 2 is 1.47 bits per heavy atom. The Balaban J connectivity index is 1.45. The molecule has 0 bridgehead atoms. The van der Waals surface area contributed by atoms with Gasteiger partial charge in [-0.15, -0.1) is 0 Å². The zero-order valence-corrected chi connectivity index (χ0v) is 21.4. The van der Waals surface area contributed by atoms with Crippen LogP contribution in [0.5, 0.6) is 11.5 Å². The number of hydrogen-bond donors (Lipinski definition) is 2. The third-order valence-electron chi connectivity index (χ3n) is 6.16. The maximum Gasteiger partial charge on any atom is 0.407 e. The monoisotopic (exact) mass is 523 g/mol. The van der Waals surface area contributed by atoms with Gasteiger partial charge in [-0.2, -0.15) is 0 Å². The summed E-state index contributed by atoms with van der Waals surface area (Å²) in [7, 11) is 3.05. The second-order valence-corrected chi connectivity index (χ2v) is 8.75. The quantitative estimate of drug-likeness (QED) is 0.392. The molecule has 3 aromatic carbocycles. The molecule has 0 saturated carbocycles. The number of amides is 1. The summed E-state index contributed by atoms with van der Waals surface area (Å²) in [5.74, 6) is 1.29. The molecule has 2 N–H and O–H groups in total. The Kier molecular flexibility index (Phi) is 9.94. The average molecular weight is 524 g/mol. The average Bonchev–Trinajstić information content (AvgIpc) is 2.97. The molecule has 38 heavy (non-hydrogen) atoms. The zero-order chi connectivity index (χ0) is 26.7. The topological polar surface area (TPSA) is 105 Å². The minimum Gasteiger partial charge on any atom is -0.497 e. The van der Waals surface area contributed by atoms with Crippen molar-refractivity contribution in [3.8, 4) is 11.5 Å². The molecule has 0 aromatic heterocycles. The summed E-state index contributed by atoms with van der Waals surface area (Å²) in [6.45, 7) is 0.334. The van der Waals surface area contributed by atoms with E-state index >= 15 is 0 Å². The first kappa shape index (κ1) is 27.4. The van der Waals surface area contributed by atoms with E-state index in [1.165, 1.54) is 7.11 Å². The van der Waals surface area contributed by atoms with Gasteiger partial charge in [-0.05, 0) is 35.4 Å². The normalized spacial score (nSPS) is 22.9. The molecule has 1 amide bonds. The molecule has 0 spiro atoms. The van der Waals surface area contributed by atoms with Crippen molar-refractivity contribution in [2.24, 2.45) is 0 Å². The fourth-order valence-electron chi connectivity index (χ4n) is 4.13. The van der Waals surface area contributed by atoms with E-state index in [1.807, 2.05) is 60.7 Å². The molecule has 1 heterocycles. The van der Waals surface area contributed by atoms with Crippen molar-refractivity contribution >= 4 is 6.09 Å². The third kappa shape index (κ3) is 7.45. The number of methoxy groups -OCH3 is 2. The minimum atomic E-state index is -1.14. The lowest BCUT2D eigenvalue weighted by atomic mass is 9.96. The molecule has 1 fully saturated rings. The molecule has 4 rings (SSSR count). The summed E-state index contributed by atoms with van der Waals surface area (Å²) in [6.07, 6.45) is -4.41. The van der Waals surface area contributed by atoms with Gasteiger partial charge in [0.25, 0.3) is 0 Å². The number of hydrogen-bond acceptors (Lipinski definition) is 8. The molecular weight excluding hydrogens is 490 g/mol. The highest BCUT2D eigenvalue weighted by molar-refractivity contribution is 5.67. The Bertz CT molecular complexity index is 1110. The van der Waals surface area contributed by atoms with E-state index in [2.05, 4.69) is 5.32 Å². The van der Waals surface area contributed by atoms with Gasteiger partial charge in [0.15, 0.2) is 6.29 Å². The molecule has 5 atom stereocenters. The molecule has 1 saturated heterocycles. The number of carbonyl (C=O) groups excluding carboxylic acids is 1. The van der Waals surface area contributed by atoms with Crippen LogP contribution in [-0.4, -0.2) is 62.7 Å². The van der Waals surface area contributed by atoms with Gasteiger partial charge < -0.3 is 38.8 Å². The number of benzene rings is 3. The van der Waals surface area contributed by atoms with Crippen LogP contribution in [0, 0.1) is 0 Å². The third-order valence-corrected chi connectivity index (χ3v) is 6.16. The predicted molar refractivity (Wildman–Crippen MR) is 139 cm³/mol. The van der Waals surface area contributed by atoms with Gasteiger partial charge >= 0.3 is 6.09 Å². The molecule has 1 aliphatic rings. The number of aliphatic hydroxyl groups is 1. The molecule has 9 heteroatoms. The molecule has 0 unspecified atom stereocenters. The van der Waals surface area contributed by atoms with Crippen molar-refractivity contribution in [2.75, 3.05) is 20.8 Å². The van der Waals surface area contributed by atoms with Crippen molar-refractivity contribution in [3.63, 3.8) is 0 Å². The first-order chi connectivity index (χ1) is 18.6. The molecule has 202 valence electrons. The Morgan fingerprint density at radius 1 is 0.868 bits per heavy atom. The van der Waals surface area contributed by atoms with Gasteiger partial charge in [0.05, 0.1) is 13.7 Å². The van der Waals surface area contributed by atoms with E-state index in [1.54, 1.807) is 31.4 Å². The van der Waals surface area contributed by atoms with E-state index in [0.29, 0.717) is 11.5 Å². The van der Waals surface area contributed by atoms with Crippen LogP contribution in [0.15, 0.2) is 84.9 Å². The lowest BCUT2D eigenvalue weighted by Crippen LogP contribution is -2.65. The lowest BCUT2D eigenvalue weighted by Gasteiger charge is -2.43. The highest BCUT2D eigenvalue weighted by atomic mass is 16.7. The summed E-state index contributed by atoms with van der Waals surface area (Å²) in [4.78, 5) is 12.7. The van der Waals surface area contributed by atoms with Crippen LogP contribution in [0.2, 0.25) is 0 Å². The van der Waals surface area contributed by atoms with Gasteiger partial charge in [0.2, 0.25) is 0 Å². The molecule has 3 aromatic rings. The first-order valence-corrected chi connectivity index (χ1v) is 12.3. The first-order valence-electron chi connectivity index (χ1n) is 12.3. The predicted octanol–water partition coefficient (Wildman–Crippen LogP) is 3.69. The molecule has 1 aliphatic heterocycles. The summed E-state index contributed by atoms with van der Waals surface area (Å²) in [6, 6.07) is 25.1.